The Bertz CT molecular complexity index is 436. The van der Waals surface area contributed by atoms with Gasteiger partial charge in [0, 0.05) is 24.6 Å². The lowest BCUT2D eigenvalue weighted by Crippen LogP contribution is -2.22. The van der Waals surface area contributed by atoms with Gasteiger partial charge in [-0.05, 0) is 32.8 Å². The third-order valence-electron chi connectivity index (χ3n) is 3.40. The molecule has 1 saturated carbocycles. The summed E-state index contributed by atoms with van der Waals surface area (Å²) < 4.78 is 11.2. The molecule has 0 atom stereocenters. The number of ether oxygens (including phenoxy) is 2. The number of benzene rings is 1. The van der Waals surface area contributed by atoms with E-state index in [0.29, 0.717) is 19.1 Å². The fraction of sp³-hybridized carbons (Fsp3) is 0.625. The van der Waals surface area contributed by atoms with Crippen molar-refractivity contribution in [2.45, 2.75) is 51.3 Å². The molecule has 0 aliphatic heterocycles. The highest BCUT2D eigenvalue weighted by atomic mass is 16.5. The highest BCUT2D eigenvalue weighted by molar-refractivity contribution is 5.46. The van der Waals surface area contributed by atoms with Crippen molar-refractivity contribution in [1.82, 2.24) is 5.32 Å². The highest BCUT2D eigenvalue weighted by Crippen LogP contribution is 2.32. The molecule has 0 bridgehead atoms. The van der Waals surface area contributed by atoms with Crippen LogP contribution >= 0.6 is 0 Å². The van der Waals surface area contributed by atoms with E-state index in [-0.39, 0.29) is 0 Å². The second-order valence-corrected chi connectivity index (χ2v) is 6.01. The van der Waals surface area contributed by atoms with Crippen LogP contribution in [0.15, 0.2) is 18.2 Å². The summed E-state index contributed by atoms with van der Waals surface area (Å²) in [6.45, 7) is 4.84. The Labute approximate surface area is 121 Å². The topological polar surface area (TPSA) is 50.7 Å². The summed E-state index contributed by atoms with van der Waals surface area (Å²) in [5, 5.41) is 13.2. The van der Waals surface area contributed by atoms with Gasteiger partial charge in [-0.25, -0.2) is 0 Å². The Balaban J connectivity index is 2.01. The number of hydrogen-bond donors (Lipinski definition) is 2. The number of methoxy groups -OCH3 is 1. The van der Waals surface area contributed by atoms with Crippen LogP contribution in [-0.4, -0.2) is 30.5 Å². The molecule has 1 aliphatic carbocycles. The van der Waals surface area contributed by atoms with Crippen LogP contribution in [-0.2, 0) is 6.54 Å². The molecular weight excluding hydrogens is 254 g/mol. The second-order valence-electron chi connectivity index (χ2n) is 6.01. The molecule has 20 heavy (non-hydrogen) atoms. The van der Waals surface area contributed by atoms with E-state index in [2.05, 4.69) is 11.4 Å². The van der Waals surface area contributed by atoms with Crippen LogP contribution in [0.25, 0.3) is 0 Å². The van der Waals surface area contributed by atoms with E-state index in [9.17, 15) is 5.11 Å². The first kappa shape index (κ1) is 15.1. The van der Waals surface area contributed by atoms with Crippen molar-refractivity contribution in [3.63, 3.8) is 0 Å². The maximum Gasteiger partial charge on any atom is 0.165 e. The smallest absolute Gasteiger partial charge is 0.165 e. The molecule has 0 unspecified atom stereocenters. The van der Waals surface area contributed by atoms with Crippen molar-refractivity contribution in [1.29, 1.82) is 0 Å². The predicted octanol–water partition coefficient (Wildman–Crippen LogP) is 2.49. The van der Waals surface area contributed by atoms with Crippen molar-refractivity contribution in [2.75, 3.05) is 13.7 Å². The van der Waals surface area contributed by atoms with E-state index in [1.807, 2.05) is 12.1 Å². The molecule has 0 aromatic heterocycles. The van der Waals surface area contributed by atoms with Crippen LogP contribution < -0.4 is 14.8 Å². The van der Waals surface area contributed by atoms with E-state index in [1.54, 1.807) is 21.0 Å². The standard InChI is InChI=1S/C16H25NO3/c1-16(2,18)9-10-20-15-12(11-17-13-7-8-13)5-4-6-14(15)19-3/h4-6,13,17-18H,7-11H2,1-3H3. The first-order chi connectivity index (χ1) is 9.49. The summed E-state index contributed by atoms with van der Waals surface area (Å²) >= 11 is 0. The zero-order chi connectivity index (χ0) is 14.6. The van der Waals surface area contributed by atoms with Crippen molar-refractivity contribution >= 4 is 0 Å². The van der Waals surface area contributed by atoms with Gasteiger partial charge in [-0.2, -0.15) is 0 Å². The average molecular weight is 279 g/mol. The number of aliphatic hydroxyl groups is 1. The molecule has 0 heterocycles. The Morgan fingerprint density at radius 1 is 1.35 bits per heavy atom. The van der Waals surface area contributed by atoms with E-state index in [1.165, 1.54) is 12.8 Å². The van der Waals surface area contributed by atoms with E-state index in [4.69, 9.17) is 9.47 Å². The molecule has 1 fully saturated rings. The van der Waals surface area contributed by atoms with E-state index in [0.717, 1.165) is 23.6 Å². The summed E-state index contributed by atoms with van der Waals surface area (Å²) in [6, 6.07) is 6.59. The second kappa shape index (κ2) is 6.46. The van der Waals surface area contributed by atoms with Gasteiger partial charge in [0.25, 0.3) is 0 Å². The van der Waals surface area contributed by atoms with Crippen LogP contribution in [0.4, 0.5) is 0 Å². The third-order valence-corrected chi connectivity index (χ3v) is 3.40. The van der Waals surface area contributed by atoms with Gasteiger partial charge in [0.2, 0.25) is 0 Å². The average Bonchev–Trinajstić information content (AvgIpc) is 3.19. The molecule has 1 aromatic rings. The Hall–Kier alpha value is -1.26. The van der Waals surface area contributed by atoms with Crippen LogP contribution in [0.1, 0.15) is 38.7 Å². The van der Waals surface area contributed by atoms with Gasteiger partial charge in [-0.3, -0.25) is 0 Å². The fourth-order valence-electron chi connectivity index (χ4n) is 1.97. The maximum absolute atomic E-state index is 9.75. The zero-order valence-corrected chi connectivity index (χ0v) is 12.6. The fourth-order valence-corrected chi connectivity index (χ4v) is 1.97. The molecule has 1 aromatic carbocycles. The predicted molar refractivity (Wildman–Crippen MR) is 79.3 cm³/mol. The minimum absolute atomic E-state index is 0.473. The molecule has 0 radical (unpaired) electrons. The quantitative estimate of drug-likeness (QED) is 0.767. The van der Waals surface area contributed by atoms with Crippen molar-refractivity contribution < 1.29 is 14.6 Å². The van der Waals surface area contributed by atoms with Gasteiger partial charge in [0.15, 0.2) is 11.5 Å². The first-order valence-electron chi connectivity index (χ1n) is 7.24. The lowest BCUT2D eigenvalue weighted by molar-refractivity contribution is 0.0547. The van der Waals surface area contributed by atoms with E-state index < -0.39 is 5.60 Å². The SMILES string of the molecule is COc1cccc(CNC2CC2)c1OCCC(C)(C)O. The van der Waals surface area contributed by atoms with Crippen molar-refractivity contribution in [3.8, 4) is 11.5 Å². The molecule has 1 aliphatic rings. The monoisotopic (exact) mass is 279 g/mol. The van der Waals surface area contributed by atoms with Crippen LogP contribution in [0.3, 0.4) is 0 Å². The Morgan fingerprint density at radius 2 is 2.10 bits per heavy atom. The third kappa shape index (κ3) is 4.69. The van der Waals surface area contributed by atoms with Gasteiger partial charge in [-0.1, -0.05) is 12.1 Å². The maximum atomic E-state index is 9.75. The summed E-state index contributed by atoms with van der Waals surface area (Å²) in [5.41, 5.74) is 0.390. The van der Waals surface area contributed by atoms with Gasteiger partial charge < -0.3 is 19.9 Å². The van der Waals surface area contributed by atoms with Crippen LogP contribution in [0.5, 0.6) is 11.5 Å². The number of hydrogen-bond acceptors (Lipinski definition) is 4. The Kier molecular flexibility index (Phi) is 4.89. The van der Waals surface area contributed by atoms with Gasteiger partial charge >= 0.3 is 0 Å². The first-order valence-corrected chi connectivity index (χ1v) is 7.24. The Morgan fingerprint density at radius 3 is 2.70 bits per heavy atom. The van der Waals surface area contributed by atoms with Crippen molar-refractivity contribution in [2.24, 2.45) is 0 Å². The molecule has 2 rings (SSSR count). The number of nitrogens with one attached hydrogen (secondary N) is 1. The lowest BCUT2D eigenvalue weighted by atomic mass is 10.1. The molecule has 2 N–H and O–H groups in total. The molecule has 4 heteroatoms. The molecule has 4 nitrogen and oxygen atoms in total. The molecule has 112 valence electrons. The van der Waals surface area contributed by atoms with Gasteiger partial charge in [0.05, 0.1) is 19.3 Å². The van der Waals surface area contributed by atoms with Gasteiger partial charge in [0.1, 0.15) is 0 Å². The highest BCUT2D eigenvalue weighted by Gasteiger charge is 2.21. The normalized spacial score (nSPS) is 15.2. The van der Waals surface area contributed by atoms with Crippen LogP contribution in [0, 0.1) is 0 Å². The van der Waals surface area contributed by atoms with Crippen molar-refractivity contribution in [3.05, 3.63) is 23.8 Å². The molecule has 0 spiro atoms. The summed E-state index contributed by atoms with van der Waals surface area (Å²) in [5.74, 6) is 1.53. The minimum Gasteiger partial charge on any atom is -0.493 e. The largest absolute Gasteiger partial charge is 0.493 e. The number of rotatable bonds is 8. The summed E-state index contributed by atoms with van der Waals surface area (Å²) in [4.78, 5) is 0. The molecular formula is C16H25NO3. The lowest BCUT2D eigenvalue weighted by Gasteiger charge is -2.19. The van der Waals surface area contributed by atoms with Gasteiger partial charge in [-0.15, -0.1) is 0 Å². The summed E-state index contributed by atoms with van der Waals surface area (Å²) in [6.07, 6.45) is 3.11. The minimum atomic E-state index is -0.714. The summed E-state index contributed by atoms with van der Waals surface area (Å²) in [7, 11) is 1.65. The molecule has 0 saturated heterocycles. The van der Waals surface area contributed by atoms with E-state index >= 15 is 0 Å². The zero-order valence-electron chi connectivity index (χ0n) is 12.6. The molecule has 0 amide bonds. The van der Waals surface area contributed by atoms with Crippen LogP contribution in [0.2, 0.25) is 0 Å². The number of para-hydroxylation sites is 1.